The third kappa shape index (κ3) is 6.50. The molecule has 10 heteroatoms. The molecule has 1 atom stereocenters. The number of hydrogen-bond acceptors (Lipinski definition) is 4. The molecule has 4 rings (SSSR count). The molecule has 0 bridgehead atoms. The summed E-state index contributed by atoms with van der Waals surface area (Å²) < 4.78 is 29.0. The molecule has 0 heterocycles. The number of hydrogen-bond donors (Lipinski definition) is 1. The molecule has 0 radical (unpaired) electrons. The fourth-order valence-corrected chi connectivity index (χ4v) is 7.16. The minimum Gasteiger partial charge on any atom is -0.480 e. The highest BCUT2D eigenvalue weighted by molar-refractivity contribution is 7.93. The maximum atomic E-state index is 14.0. The van der Waals surface area contributed by atoms with E-state index >= 15 is 0 Å². The second kappa shape index (κ2) is 12.9. The predicted molar refractivity (Wildman–Crippen MR) is 165 cm³/mol. The number of aliphatic carboxylic acids is 1. The molecule has 214 valence electrons. The number of anilines is 2. The highest BCUT2D eigenvalue weighted by Crippen LogP contribution is 2.34. The van der Waals surface area contributed by atoms with Gasteiger partial charge in [0.2, 0.25) is 0 Å². The Morgan fingerprint density at radius 1 is 0.854 bits per heavy atom. The van der Waals surface area contributed by atoms with E-state index in [1.807, 2.05) is 44.2 Å². The summed E-state index contributed by atoms with van der Waals surface area (Å²) >= 11 is 12.2. The zero-order valence-corrected chi connectivity index (χ0v) is 25.0. The average Bonchev–Trinajstić information content (AvgIpc) is 2.94. The molecule has 0 aliphatic heterocycles. The summed E-state index contributed by atoms with van der Waals surface area (Å²) in [6.07, 6.45) is 1.27. The third-order valence-electron chi connectivity index (χ3n) is 6.77. The van der Waals surface area contributed by atoms with Crippen LogP contribution in [-0.4, -0.2) is 38.0 Å². The number of fused-ring (bicyclic) bond motifs is 1. The molecule has 0 saturated heterocycles. The van der Waals surface area contributed by atoms with Gasteiger partial charge in [-0.3, -0.25) is 9.10 Å². The first kappa shape index (κ1) is 30.4. The van der Waals surface area contributed by atoms with Crippen LogP contribution in [0.4, 0.5) is 11.4 Å². The van der Waals surface area contributed by atoms with E-state index in [1.54, 1.807) is 35.2 Å². The number of halogens is 2. The van der Waals surface area contributed by atoms with Gasteiger partial charge in [0.25, 0.3) is 15.9 Å². The second-order valence-corrected chi connectivity index (χ2v) is 12.2. The Morgan fingerprint density at radius 2 is 1.54 bits per heavy atom. The van der Waals surface area contributed by atoms with Gasteiger partial charge in [0.05, 0.1) is 10.6 Å². The lowest BCUT2D eigenvalue weighted by Crippen LogP contribution is -2.45. The number of benzene rings is 4. The van der Waals surface area contributed by atoms with Gasteiger partial charge in [-0.15, -0.1) is 0 Å². The molecular weight excluding hydrogens is 583 g/mol. The third-order valence-corrected chi connectivity index (χ3v) is 9.02. The summed E-state index contributed by atoms with van der Waals surface area (Å²) in [5.41, 5.74) is 1.35. The number of carbonyl (C=O) groups excluding carboxylic acids is 1. The van der Waals surface area contributed by atoms with Gasteiger partial charge in [0.15, 0.2) is 0 Å². The lowest BCUT2D eigenvalue weighted by Gasteiger charge is -2.31. The van der Waals surface area contributed by atoms with Gasteiger partial charge in [-0.05, 0) is 72.6 Å². The summed E-state index contributed by atoms with van der Waals surface area (Å²) in [7, 11) is -4.41. The number of carboxylic acids is 1. The van der Waals surface area contributed by atoms with Crippen molar-refractivity contribution in [3.05, 3.63) is 101 Å². The van der Waals surface area contributed by atoms with E-state index < -0.39 is 22.0 Å². The summed E-state index contributed by atoms with van der Waals surface area (Å²) in [6, 6.07) is 21.8. The van der Waals surface area contributed by atoms with Gasteiger partial charge in [-0.2, -0.15) is 0 Å². The van der Waals surface area contributed by atoms with Crippen LogP contribution >= 0.6 is 23.2 Å². The lowest BCUT2D eigenvalue weighted by atomic mass is 10.0. The first-order chi connectivity index (χ1) is 19.6. The van der Waals surface area contributed by atoms with Crippen LogP contribution in [0.5, 0.6) is 0 Å². The smallest absolute Gasteiger partial charge is 0.327 e. The largest absolute Gasteiger partial charge is 0.480 e. The quantitative estimate of drug-likeness (QED) is 0.188. The first-order valence-corrected chi connectivity index (χ1v) is 15.4. The number of rotatable bonds is 11. The van der Waals surface area contributed by atoms with Crippen molar-refractivity contribution in [2.24, 2.45) is 0 Å². The number of para-hydroxylation sites is 1. The predicted octanol–water partition coefficient (Wildman–Crippen LogP) is 7.65. The number of carboxylic acid groups (broad SMARTS) is 1. The standard InChI is InChI=1S/C31H30Cl2N2O5S/c1-3-5-14-29(31(37)38)35(41(39,40)26-19-22(32)18-23(33)20-26)25-15-16-27-21(17-25)10-9-13-28(27)30(36)34(4-2)24-11-7-6-8-12-24/h6-13,15-20,29H,3-5,14H2,1-2H3,(H,37,38). The second-order valence-electron chi connectivity index (χ2n) is 9.50. The van der Waals surface area contributed by atoms with Gasteiger partial charge < -0.3 is 10.0 Å². The van der Waals surface area contributed by atoms with Crippen molar-refractivity contribution in [1.29, 1.82) is 0 Å². The van der Waals surface area contributed by atoms with E-state index in [-0.39, 0.29) is 33.0 Å². The van der Waals surface area contributed by atoms with Crippen molar-refractivity contribution in [1.82, 2.24) is 0 Å². The summed E-state index contributed by atoms with van der Waals surface area (Å²) in [5.74, 6) is -1.48. The lowest BCUT2D eigenvalue weighted by molar-refractivity contribution is -0.138. The highest BCUT2D eigenvalue weighted by atomic mass is 35.5. The van der Waals surface area contributed by atoms with E-state index in [2.05, 4.69) is 0 Å². The number of nitrogens with zero attached hydrogens (tertiary/aromatic N) is 2. The minimum atomic E-state index is -4.41. The van der Waals surface area contributed by atoms with Crippen LogP contribution in [0.15, 0.2) is 89.8 Å². The zero-order chi connectivity index (χ0) is 29.7. The van der Waals surface area contributed by atoms with Crippen molar-refractivity contribution in [3.63, 3.8) is 0 Å². The Morgan fingerprint density at radius 3 is 2.15 bits per heavy atom. The SMILES string of the molecule is CCCCC(C(=O)O)N(c1ccc2c(C(=O)N(CC)c3ccccc3)cccc2c1)S(=O)(=O)c1cc(Cl)cc(Cl)c1. The fraction of sp³-hybridized carbons (Fsp3) is 0.226. The van der Waals surface area contributed by atoms with Crippen molar-refractivity contribution in [2.45, 2.75) is 44.0 Å². The number of carbonyl (C=O) groups is 2. The Bertz CT molecular complexity index is 1660. The van der Waals surface area contributed by atoms with E-state index in [4.69, 9.17) is 23.2 Å². The molecule has 1 N–H and O–H groups in total. The van der Waals surface area contributed by atoms with Crippen molar-refractivity contribution < 1.29 is 23.1 Å². The topological polar surface area (TPSA) is 95.0 Å². The molecule has 0 aliphatic carbocycles. The zero-order valence-electron chi connectivity index (χ0n) is 22.6. The molecule has 0 fully saturated rings. The minimum absolute atomic E-state index is 0.0957. The van der Waals surface area contributed by atoms with E-state index in [1.165, 1.54) is 24.3 Å². The molecule has 4 aromatic carbocycles. The maximum Gasteiger partial charge on any atom is 0.327 e. The van der Waals surface area contributed by atoms with Crippen LogP contribution in [-0.2, 0) is 14.8 Å². The van der Waals surface area contributed by atoms with Gasteiger partial charge >= 0.3 is 5.97 Å². The van der Waals surface area contributed by atoms with Gasteiger partial charge in [0.1, 0.15) is 6.04 Å². The molecule has 0 aliphatic rings. The number of unbranched alkanes of at least 4 members (excludes halogenated alkanes) is 1. The Hall–Kier alpha value is -3.59. The van der Waals surface area contributed by atoms with Gasteiger partial charge in [0, 0.05) is 27.8 Å². The normalized spacial score (nSPS) is 12.2. The molecule has 0 spiro atoms. The summed E-state index contributed by atoms with van der Waals surface area (Å²) in [6.45, 7) is 4.24. The van der Waals surface area contributed by atoms with Crippen molar-refractivity contribution in [2.75, 3.05) is 15.7 Å². The molecule has 4 aromatic rings. The number of sulfonamides is 1. The monoisotopic (exact) mass is 612 g/mol. The molecule has 0 saturated carbocycles. The van der Waals surface area contributed by atoms with E-state index in [9.17, 15) is 23.1 Å². The van der Waals surface area contributed by atoms with Crippen LogP contribution in [0.25, 0.3) is 10.8 Å². The van der Waals surface area contributed by atoms with Crippen LogP contribution in [0, 0.1) is 0 Å². The van der Waals surface area contributed by atoms with Crippen LogP contribution in [0.1, 0.15) is 43.5 Å². The van der Waals surface area contributed by atoms with Gasteiger partial charge in [-0.1, -0.05) is 79.4 Å². The van der Waals surface area contributed by atoms with Gasteiger partial charge in [-0.25, -0.2) is 13.2 Å². The Labute approximate surface area is 250 Å². The highest BCUT2D eigenvalue weighted by Gasteiger charge is 2.36. The Kier molecular flexibility index (Phi) is 9.58. The Balaban J connectivity index is 1.87. The van der Waals surface area contributed by atoms with Crippen LogP contribution in [0.2, 0.25) is 10.0 Å². The molecule has 7 nitrogen and oxygen atoms in total. The average molecular weight is 614 g/mol. The van der Waals surface area contributed by atoms with Crippen LogP contribution in [0.3, 0.4) is 0 Å². The molecule has 41 heavy (non-hydrogen) atoms. The van der Waals surface area contributed by atoms with Crippen molar-refractivity contribution in [3.8, 4) is 0 Å². The summed E-state index contributed by atoms with van der Waals surface area (Å²) in [5, 5.41) is 11.6. The molecular formula is C31H30Cl2N2O5S. The van der Waals surface area contributed by atoms with Crippen LogP contribution < -0.4 is 9.21 Å². The maximum absolute atomic E-state index is 14.0. The number of amides is 1. The molecule has 0 aromatic heterocycles. The van der Waals surface area contributed by atoms with E-state index in [0.717, 1.165) is 9.99 Å². The van der Waals surface area contributed by atoms with Crippen molar-refractivity contribution >= 4 is 67.2 Å². The fourth-order valence-electron chi connectivity index (χ4n) is 4.81. The van der Waals surface area contributed by atoms with E-state index in [0.29, 0.717) is 35.7 Å². The molecule has 1 unspecified atom stereocenters. The molecule has 1 amide bonds. The summed E-state index contributed by atoms with van der Waals surface area (Å²) in [4.78, 5) is 27.6. The first-order valence-electron chi connectivity index (χ1n) is 13.2.